The Bertz CT molecular complexity index is 760. The minimum absolute atomic E-state index is 0.148. The largest absolute Gasteiger partial charge is 0.389 e. The van der Waals surface area contributed by atoms with E-state index >= 15 is 0 Å². The lowest BCUT2D eigenvalue weighted by molar-refractivity contribution is -0.0325. The summed E-state index contributed by atoms with van der Waals surface area (Å²) in [5.41, 5.74) is 2.50. The lowest BCUT2D eigenvalue weighted by Gasteiger charge is -2.38. The van der Waals surface area contributed by atoms with E-state index in [1.54, 1.807) is 0 Å². The van der Waals surface area contributed by atoms with Crippen molar-refractivity contribution in [3.8, 4) is 0 Å². The van der Waals surface area contributed by atoms with E-state index in [2.05, 4.69) is 36.4 Å². The molecular formula is C24H22O2. The van der Waals surface area contributed by atoms with Gasteiger partial charge in [-0.1, -0.05) is 103 Å². The molecule has 3 aromatic carbocycles. The maximum atomic E-state index is 9.94. The zero-order valence-corrected chi connectivity index (χ0v) is 14.5. The molecule has 0 amide bonds. The first kappa shape index (κ1) is 16.8. The average Bonchev–Trinajstić information content (AvgIpc) is 3.13. The predicted octanol–water partition coefficient (Wildman–Crippen LogP) is 4.68. The quantitative estimate of drug-likeness (QED) is 0.539. The van der Waals surface area contributed by atoms with Crippen molar-refractivity contribution in [2.75, 3.05) is 0 Å². The van der Waals surface area contributed by atoms with Crippen molar-refractivity contribution in [2.45, 2.75) is 24.2 Å². The zero-order valence-electron chi connectivity index (χ0n) is 14.5. The molecule has 3 aromatic rings. The number of aliphatic hydroxyl groups excluding tert-OH is 1. The van der Waals surface area contributed by atoms with E-state index < -0.39 is 11.7 Å². The Morgan fingerprint density at radius 1 is 0.654 bits per heavy atom. The van der Waals surface area contributed by atoms with Crippen LogP contribution in [0.3, 0.4) is 0 Å². The van der Waals surface area contributed by atoms with Gasteiger partial charge >= 0.3 is 0 Å². The lowest BCUT2D eigenvalue weighted by Crippen LogP contribution is -2.36. The van der Waals surface area contributed by atoms with Crippen LogP contribution in [0.15, 0.2) is 103 Å². The smallest absolute Gasteiger partial charge is 0.144 e. The van der Waals surface area contributed by atoms with Crippen molar-refractivity contribution in [3.63, 3.8) is 0 Å². The SMILES string of the molecule is O[C@@H]1C=C[C@@H](OC(c2ccccc2)(c2ccccc2)c2ccccc2)C1. The molecule has 0 aliphatic heterocycles. The van der Waals surface area contributed by atoms with Crippen LogP contribution in [-0.4, -0.2) is 17.3 Å². The average molecular weight is 342 g/mol. The molecule has 26 heavy (non-hydrogen) atoms. The standard InChI is InChI=1S/C24H22O2/c25-22-16-17-23(18-22)26-24(19-10-4-1-5-11-19,20-12-6-2-7-13-20)21-14-8-3-9-15-21/h1-17,22-23,25H,18H2/t22-,23-/m1/s1. The van der Waals surface area contributed by atoms with Crippen molar-refractivity contribution in [3.05, 3.63) is 120 Å². The van der Waals surface area contributed by atoms with E-state index in [1.165, 1.54) is 0 Å². The monoisotopic (exact) mass is 342 g/mol. The summed E-state index contributed by atoms with van der Waals surface area (Å²) < 4.78 is 6.78. The number of aliphatic hydroxyl groups is 1. The third kappa shape index (κ3) is 3.10. The summed E-state index contributed by atoms with van der Waals surface area (Å²) >= 11 is 0. The highest BCUT2D eigenvalue weighted by Gasteiger charge is 2.40. The molecule has 0 bridgehead atoms. The Morgan fingerprint density at radius 3 is 1.42 bits per heavy atom. The van der Waals surface area contributed by atoms with E-state index in [-0.39, 0.29) is 6.10 Å². The molecule has 2 atom stereocenters. The van der Waals surface area contributed by atoms with Gasteiger partial charge in [-0.05, 0) is 16.7 Å². The molecule has 1 aliphatic rings. The van der Waals surface area contributed by atoms with Gasteiger partial charge in [-0.2, -0.15) is 0 Å². The van der Waals surface area contributed by atoms with Gasteiger partial charge in [0.1, 0.15) is 5.60 Å². The molecule has 1 aliphatic carbocycles. The van der Waals surface area contributed by atoms with Crippen LogP contribution in [0.1, 0.15) is 23.1 Å². The second-order valence-electron chi connectivity index (χ2n) is 6.62. The van der Waals surface area contributed by atoms with Gasteiger partial charge in [0.2, 0.25) is 0 Å². The van der Waals surface area contributed by atoms with Gasteiger partial charge in [-0.3, -0.25) is 0 Å². The Labute approximate surface area is 154 Å². The summed E-state index contributed by atoms with van der Waals surface area (Å²) in [5.74, 6) is 0. The Kier molecular flexibility index (Phi) is 4.70. The van der Waals surface area contributed by atoms with Gasteiger partial charge in [0, 0.05) is 6.42 Å². The molecule has 0 heterocycles. The molecule has 0 saturated carbocycles. The predicted molar refractivity (Wildman–Crippen MR) is 104 cm³/mol. The van der Waals surface area contributed by atoms with Crippen LogP contribution in [0.5, 0.6) is 0 Å². The fourth-order valence-corrected chi connectivity index (χ4v) is 3.68. The Balaban J connectivity index is 1.92. The summed E-state index contributed by atoms with van der Waals surface area (Å²) in [4.78, 5) is 0. The van der Waals surface area contributed by atoms with Crippen LogP contribution in [0, 0.1) is 0 Å². The molecule has 0 fully saturated rings. The van der Waals surface area contributed by atoms with Gasteiger partial charge in [0.05, 0.1) is 12.2 Å². The van der Waals surface area contributed by atoms with Crippen LogP contribution in [0.4, 0.5) is 0 Å². The maximum absolute atomic E-state index is 9.94. The van der Waals surface area contributed by atoms with Gasteiger partial charge in [0.25, 0.3) is 0 Å². The van der Waals surface area contributed by atoms with Crippen LogP contribution >= 0.6 is 0 Å². The van der Waals surface area contributed by atoms with E-state index in [1.807, 2.05) is 66.7 Å². The van der Waals surface area contributed by atoms with Crippen LogP contribution in [0.2, 0.25) is 0 Å². The maximum Gasteiger partial charge on any atom is 0.144 e. The summed E-state index contributed by atoms with van der Waals surface area (Å²) in [6, 6.07) is 30.9. The Morgan fingerprint density at radius 2 is 1.08 bits per heavy atom. The fraction of sp³-hybridized carbons (Fsp3) is 0.167. The molecule has 4 rings (SSSR count). The number of hydrogen-bond acceptors (Lipinski definition) is 2. The van der Waals surface area contributed by atoms with Gasteiger partial charge in [-0.15, -0.1) is 0 Å². The summed E-state index contributed by atoms with van der Waals surface area (Å²) in [6.45, 7) is 0. The minimum atomic E-state index is -0.733. The zero-order chi connectivity index (χ0) is 17.8. The topological polar surface area (TPSA) is 29.5 Å². The summed E-state index contributed by atoms with van der Waals surface area (Å²) in [7, 11) is 0. The summed E-state index contributed by atoms with van der Waals surface area (Å²) in [5, 5.41) is 9.94. The van der Waals surface area contributed by atoms with Gasteiger partial charge in [-0.25, -0.2) is 0 Å². The molecule has 0 unspecified atom stereocenters. The molecule has 130 valence electrons. The normalized spacial score (nSPS) is 19.6. The lowest BCUT2D eigenvalue weighted by atomic mass is 9.80. The van der Waals surface area contributed by atoms with E-state index in [9.17, 15) is 5.11 Å². The number of hydrogen-bond donors (Lipinski definition) is 1. The van der Waals surface area contributed by atoms with E-state index in [4.69, 9.17) is 4.74 Å². The third-order valence-electron chi connectivity index (χ3n) is 4.89. The van der Waals surface area contributed by atoms with Crippen LogP contribution < -0.4 is 0 Å². The fourth-order valence-electron chi connectivity index (χ4n) is 3.68. The summed E-state index contributed by atoms with van der Waals surface area (Å²) in [6.07, 6.45) is 3.77. The van der Waals surface area contributed by atoms with Crippen molar-refractivity contribution >= 4 is 0 Å². The number of rotatable bonds is 5. The number of ether oxygens (including phenoxy) is 1. The highest BCUT2D eigenvalue weighted by Crippen LogP contribution is 2.42. The van der Waals surface area contributed by atoms with Crippen molar-refractivity contribution in [1.82, 2.24) is 0 Å². The highest BCUT2D eigenvalue weighted by molar-refractivity contribution is 5.47. The second-order valence-corrected chi connectivity index (χ2v) is 6.62. The van der Waals surface area contributed by atoms with E-state index in [0.29, 0.717) is 6.42 Å². The van der Waals surface area contributed by atoms with Crippen molar-refractivity contribution in [1.29, 1.82) is 0 Å². The van der Waals surface area contributed by atoms with Gasteiger partial charge < -0.3 is 9.84 Å². The number of benzene rings is 3. The first-order valence-electron chi connectivity index (χ1n) is 9.00. The molecule has 1 N–H and O–H groups in total. The van der Waals surface area contributed by atoms with Crippen molar-refractivity contribution in [2.24, 2.45) is 0 Å². The molecule has 2 nitrogen and oxygen atoms in total. The minimum Gasteiger partial charge on any atom is -0.389 e. The molecular weight excluding hydrogens is 320 g/mol. The molecule has 2 heteroatoms. The molecule has 0 spiro atoms. The van der Waals surface area contributed by atoms with Gasteiger partial charge in [0.15, 0.2) is 0 Å². The Hall–Kier alpha value is -2.68. The highest BCUT2D eigenvalue weighted by atomic mass is 16.5. The third-order valence-corrected chi connectivity index (χ3v) is 4.89. The molecule has 0 saturated heterocycles. The van der Waals surface area contributed by atoms with E-state index in [0.717, 1.165) is 16.7 Å². The first-order chi connectivity index (χ1) is 12.8. The van der Waals surface area contributed by atoms with Crippen LogP contribution in [0.25, 0.3) is 0 Å². The second kappa shape index (κ2) is 7.28. The molecule has 0 radical (unpaired) electrons. The molecule has 0 aromatic heterocycles. The first-order valence-corrected chi connectivity index (χ1v) is 9.00. The van der Waals surface area contributed by atoms with Crippen LogP contribution in [-0.2, 0) is 10.3 Å². The van der Waals surface area contributed by atoms with Crippen molar-refractivity contribution < 1.29 is 9.84 Å².